The average Bonchev–Trinajstić information content (AvgIpc) is 2.70. The smallest absolute Gasteiger partial charge is 0.263 e. The van der Waals surface area contributed by atoms with Gasteiger partial charge in [-0.2, -0.15) is 0 Å². The van der Waals surface area contributed by atoms with Crippen LogP contribution in [0, 0.1) is 10.8 Å². The second-order valence-electron chi connectivity index (χ2n) is 6.40. The highest BCUT2D eigenvalue weighted by molar-refractivity contribution is 7.21. The molecule has 1 aliphatic carbocycles. The molecule has 0 aliphatic heterocycles. The number of thiophene rings is 1. The van der Waals surface area contributed by atoms with E-state index in [4.69, 9.17) is 5.73 Å². The van der Waals surface area contributed by atoms with Gasteiger partial charge in [0, 0.05) is 18.4 Å². The third-order valence-corrected chi connectivity index (χ3v) is 5.97. The number of amides is 1. The lowest BCUT2D eigenvalue weighted by atomic mass is 10.0. The molecular weight excluding hydrogens is 272 g/mol. The van der Waals surface area contributed by atoms with Crippen LogP contribution < -0.4 is 11.1 Å². The van der Waals surface area contributed by atoms with Crippen molar-refractivity contribution in [2.75, 3.05) is 5.73 Å². The molecule has 5 nitrogen and oxygen atoms in total. The third-order valence-electron chi connectivity index (χ3n) is 4.87. The van der Waals surface area contributed by atoms with Gasteiger partial charge in [0.05, 0.1) is 5.69 Å². The molecule has 1 saturated carbocycles. The zero-order valence-electron chi connectivity index (χ0n) is 12.0. The Morgan fingerprint density at radius 1 is 1.25 bits per heavy atom. The molecule has 0 aromatic carbocycles. The van der Waals surface area contributed by atoms with Crippen molar-refractivity contribution in [1.82, 2.24) is 15.3 Å². The van der Waals surface area contributed by atoms with E-state index >= 15 is 0 Å². The van der Waals surface area contributed by atoms with Crippen LogP contribution in [0.4, 0.5) is 5.69 Å². The maximum absolute atomic E-state index is 12.4. The standard InChI is InChI=1S/C14H18N4OS/c1-13(2)12(14(13,3)4)18-10(19)9-7(15)8-11(20-9)17-6-5-16-8/h5-6,12H,15H2,1-4H3,(H,18,19). The van der Waals surface area contributed by atoms with Gasteiger partial charge in [0.1, 0.15) is 15.2 Å². The Morgan fingerprint density at radius 2 is 1.85 bits per heavy atom. The van der Waals surface area contributed by atoms with Crippen LogP contribution in [0.25, 0.3) is 10.3 Å². The van der Waals surface area contributed by atoms with Gasteiger partial charge < -0.3 is 11.1 Å². The van der Waals surface area contributed by atoms with Crippen LogP contribution in [0.15, 0.2) is 12.4 Å². The van der Waals surface area contributed by atoms with Gasteiger partial charge in [-0.15, -0.1) is 11.3 Å². The number of nitrogens with two attached hydrogens (primary N) is 1. The highest BCUT2D eigenvalue weighted by atomic mass is 32.1. The van der Waals surface area contributed by atoms with Gasteiger partial charge in [-0.05, 0) is 10.8 Å². The Labute approximate surface area is 121 Å². The SMILES string of the molecule is CC1(C)C(NC(=O)c2sc3nccnc3c2N)C1(C)C. The Bertz CT molecular complexity index is 690. The molecule has 0 saturated heterocycles. The monoisotopic (exact) mass is 290 g/mol. The number of hydrogen-bond donors (Lipinski definition) is 2. The molecule has 1 amide bonds. The minimum absolute atomic E-state index is 0.102. The second kappa shape index (κ2) is 3.91. The molecule has 1 aliphatic rings. The van der Waals surface area contributed by atoms with Crippen molar-refractivity contribution in [2.24, 2.45) is 10.8 Å². The number of anilines is 1. The molecule has 0 bridgehead atoms. The van der Waals surface area contributed by atoms with Gasteiger partial charge in [-0.1, -0.05) is 27.7 Å². The van der Waals surface area contributed by atoms with E-state index in [1.807, 2.05) is 0 Å². The molecule has 1 fully saturated rings. The van der Waals surface area contributed by atoms with E-state index in [2.05, 4.69) is 43.0 Å². The molecule has 106 valence electrons. The molecule has 3 N–H and O–H groups in total. The van der Waals surface area contributed by atoms with Gasteiger partial charge >= 0.3 is 0 Å². The number of nitrogen functional groups attached to an aromatic ring is 1. The van der Waals surface area contributed by atoms with Gasteiger partial charge in [0.15, 0.2) is 0 Å². The minimum atomic E-state index is -0.129. The molecular formula is C14H18N4OS. The lowest BCUT2D eigenvalue weighted by Crippen LogP contribution is -2.29. The summed E-state index contributed by atoms with van der Waals surface area (Å²) >= 11 is 1.29. The number of rotatable bonds is 2. The quantitative estimate of drug-likeness (QED) is 0.890. The number of fused-ring (bicyclic) bond motifs is 1. The first-order valence-electron chi connectivity index (χ1n) is 6.56. The number of carbonyl (C=O) groups excluding carboxylic acids is 1. The summed E-state index contributed by atoms with van der Waals surface area (Å²) in [5.41, 5.74) is 7.25. The number of hydrogen-bond acceptors (Lipinski definition) is 5. The fourth-order valence-electron chi connectivity index (χ4n) is 2.77. The Balaban J connectivity index is 1.89. The summed E-state index contributed by atoms with van der Waals surface area (Å²) in [5.74, 6) is -0.129. The van der Waals surface area contributed by atoms with Gasteiger partial charge in [-0.3, -0.25) is 4.79 Å². The molecule has 2 heterocycles. The summed E-state index contributed by atoms with van der Waals surface area (Å²) in [4.78, 5) is 22.0. The summed E-state index contributed by atoms with van der Waals surface area (Å²) in [6, 6.07) is 0.160. The van der Waals surface area contributed by atoms with Crippen LogP contribution in [0.3, 0.4) is 0 Å². The first-order valence-corrected chi connectivity index (χ1v) is 7.38. The van der Waals surface area contributed by atoms with Crippen molar-refractivity contribution in [3.63, 3.8) is 0 Å². The maximum atomic E-state index is 12.4. The molecule has 2 aromatic rings. The molecule has 3 rings (SSSR count). The number of aromatic nitrogens is 2. The van der Waals surface area contributed by atoms with Crippen LogP contribution >= 0.6 is 11.3 Å². The molecule has 2 aromatic heterocycles. The Kier molecular flexibility index (Phi) is 2.60. The zero-order chi connectivity index (χ0) is 14.7. The van der Waals surface area contributed by atoms with Gasteiger partial charge in [-0.25, -0.2) is 9.97 Å². The van der Waals surface area contributed by atoms with E-state index in [0.29, 0.717) is 20.9 Å². The van der Waals surface area contributed by atoms with Gasteiger partial charge in [0.2, 0.25) is 0 Å². The van der Waals surface area contributed by atoms with Crippen molar-refractivity contribution >= 4 is 33.3 Å². The van der Waals surface area contributed by atoms with Crippen molar-refractivity contribution in [1.29, 1.82) is 0 Å². The lowest BCUT2D eigenvalue weighted by molar-refractivity contribution is 0.0948. The predicted molar refractivity (Wildman–Crippen MR) is 80.6 cm³/mol. The second-order valence-corrected chi connectivity index (χ2v) is 7.40. The average molecular weight is 290 g/mol. The number of nitrogens with one attached hydrogen (secondary N) is 1. The van der Waals surface area contributed by atoms with Crippen LogP contribution in [-0.2, 0) is 0 Å². The summed E-state index contributed by atoms with van der Waals surface area (Å²) in [5, 5.41) is 3.09. The zero-order valence-corrected chi connectivity index (χ0v) is 12.8. The lowest BCUT2D eigenvalue weighted by Gasteiger charge is -2.05. The largest absolute Gasteiger partial charge is 0.396 e. The molecule has 20 heavy (non-hydrogen) atoms. The fraction of sp³-hybridized carbons (Fsp3) is 0.500. The van der Waals surface area contributed by atoms with E-state index in [1.54, 1.807) is 12.4 Å². The normalized spacial score (nSPS) is 20.0. The summed E-state index contributed by atoms with van der Waals surface area (Å²) in [7, 11) is 0. The van der Waals surface area contributed by atoms with Crippen LogP contribution in [0.1, 0.15) is 37.4 Å². The van der Waals surface area contributed by atoms with E-state index in [0.717, 1.165) is 0 Å². The summed E-state index contributed by atoms with van der Waals surface area (Å²) in [6.45, 7) is 8.65. The summed E-state index contributed by atoms with van der Waals surface area (Å²) < 4.78 is 0. The van der Waals surface area contributed by atoms with E-state index in [1.165, 1.54) is 11.3 Å². The molecule has 0 spiro atoms. The van der Waals surface area contributed by atoms with Crippen molar-refractivity contribution < 1.29 is 4.79 Å². The van der Waals surface area contributed by atoms with Gasteiger partial charge in [0.25, 0.3) is 5.91 Å². The molecule has 0 unspecified atom stereocenters. The van der Waals surface area contributed by atoms with Crippen molar-refractivity contribution in [2.45, 2.75) is 33.7 Å². The van der Waals surface area contributed by atoms with Crippen LogP contribution in [-0.4, -0.2) is 21.9 Å². The molecule has 0 radical (unpaired) electrons. The number of nitrogens with zero attached hydrogens (tertiary/aromatic N) is 2. The highest BCUT2D eigenvalue weighted by Gasteiger charge is 2.65. The first kappa shape index (κ1) is 13.3. The Hall–Kier alpha value is -1.69. The van der Waals surface area contributed by atoms with Crippen LogP contribution in [0.2, 0.25) is 0 Å². The first-order chi connectivity index (χ1) is 9.26. The third kappa shape index (κ3) is 1.64. The predicted octanol–water partition coefficient (Wildman–Crippen LogP) is 2.44. The topological polar surface area (TPSA) is 80.9 Å². The molecule has 6 heteroatoms. The van der Waals surface area contributed by atoms with E-state index in [-0.39, 0.29) is 22.8 Å². The van der Waals surface area contributed by atoms with E-state index in [9.17, 15) is 4.79 Å². The molecule has 0 atom stereocenters. The minimum Gasteiger partial charge on any atom is -0.396 e. The maximum Gasteiger partial charge on any atom is 0.263 e. The summed E-state index contributed by atoms with van der Waals surface area (Å²) in [6.07, 6.45) is 3.19. The van der Waals surface area contributed by atoms with Crippen LogP contribution in [0.5, 0.6) is 0 Å². The van der Waals surface area contributed by atoms with E-state index < -0.39 is 0 Å². The fourth-order valence-corrected chi connectivity index (χ4v) is 3.69. The number of carbonyl (C=O) groups is 1. The van der Waals surface area contributed by atoms with Crippen molar-refractivity contribution in [3.8, 4) is 0 Å². The Morgan fingerprint density at radius 3 is 2.40 bits per heavy atom. The van der Waals surface area contributed by atoms with Crippen molar-refractivity contribution in [3.05, 3.63) is 17.3 Å². The highest BCUT2D eigenvalue weighted by Crippen LogP contribution is 2.62.